The molecule has 1 aliphatic heterocycles. The largest absolute Gasteiger partial charge is 0.505 e. The van der Waals surface area contributed by atoms with Gasteiger partial charge in [-0.25, -0.2) is 13.1 Å². The number of aliphatic hydroxyl groups is 1. The Morgan fingerprint density at radius 1 is 1.35 bits per heavy atom. The van der Waals surface area contributed by atoms with Crippen LogP contribution in [-0.2, 0) is 14.8 Å². The van der Waals surface area contributed by atoms with Gasteiger partial charge >= 0.3 is 0 Å². The number of hydrogen-bond donors (Lipinski definition) is 3. The third kappa shape index (κ3) is 4.48. The van der Waals surface area contributed by atoms with Crippen molar-refractivity contribution >= 4 is 39.1 Å². The molecule has 0 saturated carbocycles. The monoisotopic (exact) mass is 382 g/mol. The molecule has 1 saturated heterocycles. The average Bonchev–Trinajstić information content (AvgIpc) is 2.86. The first-order valence-corrected chi connectivity index (χ1v) is 9.08. The van der Waals surface area contributed by atoms with Crippen LogP contribution < -0.4 is 4.72 Å². The molecule has 10 heteroatoms. The zero-order valence-electron chi connectivity index (χ0n) is 12.0. The van der Waals surface area contributed by atoms with Crippen molar-refractivity contribution in [3.8, 4) is 5.75 Å². The third-order valence-corrected chi connectivity index (χ3v) is 5.34. The minimum atomic E-state index is -4.11. The van der Waals surface area contributed by atoms with Crippen LogP contribution in [0.15, 0.2) is 17.0 Å². The summed E-state index contributed by atoms with van der Waals surface area (Å²) in [6, 6.07) is 2.27. The van der Waals surface area contributed by atoms with Crippen LogP contribution in [0.4, 0.5) is 0 Å². The van der Waals surface area contributed by atoms with Crippen LogP contribution in [0.1, 0.15) is 12.8 Å². The van der Waals surface area contributed by atoms with Gasteiger partial charge in [0.1, 0.15) is 4.90 Å². The maximum atomic E-state index is 12.2. The molecule has 3 N–H and O–H groups in total. The second kappa shape index (κ2) is 7.23. The van der Waals surface area contributed by atoms with E-state index in [4.69, 9.17) is 23.2 Å². The summed E-state index contributed by atoms with van der Waals surface area (Å²) in [5.41, 5.74) is 0. The lowest BCUT2D eigenvalue weighted by Crippen LogP contribution is -2.40. The first-order valence-electron chi connectivity index (χ1n) is 6.84. The van der Waals surface area contributed by atoms with Gasteiger partial charge in [0.05, 0.1) is 11.1 Å². The van der Waals surface area contributed by atoms with E-state index >= 15 is 0 Å². The second-order valence-corrected chi connectivity index (χ2v) is 7.76. The Morgan fingerprint density at radius 2 is 2.04 bits per heavy atom. The predicted octanol–water partition coefficient (Wildman–Crippen LogP) is 0.961. The van der Waals surface area contributed by atoms with E-state index < -0.39 is 26.8 Å². The number of carbonyl (C=O) groups is 1. The number of sulfonamides is 1. The molecule has 1 fully saturated rings. The van der Waals surface area contributed by atoms with Crippen molar-refractivity contribution in [2.45, 2.75) is 23.8 Å². The van der Waals surface area contributed by atoms with E-state index in [1.54, 1.807) is 0 Å². The molecule has 0 bridgehead atoms. The van der Waals surface area contributed by atoms with Crippen molar-refractivity contribution in [1.29, 1.82) is 0 Å². The molecule has 0 radical (unpaired) electrons. The standard InChI is InChI=1S/C13H16Cl2N2O5S/c14-8-4-10(15)13(20)11(5-8)23(21,22)16-6-9(18)7-17-3-1-2-12(17)19/h4-5,9,16,18,20H,1-3,6-7H2. The van der Waals surface area contributed by atoms with Gasteiger partial charge in [-0.3, -0.25) is 4.79 Å². The molecule has 23 heavy (non-hydrogen) atoms. The molecule has 7 nitrogen and oxygen atoms in total. The van der Waals surface area contributed by atoms with Crippen molar-refractivity contribution < 1.29 is 23.4 Å². The number of benzene rings is 1. The molecular weight excluding hydrogens is 367 g/mol. The van der Waals surface area contributed by atoms with Gasteiger partial charge in [-0.15, -0.1) is 0 Å². The molecule has 1 amide bonds. The van der Waals surface area contributed by atoms with Crippen LogP contribution in [0.5, 0.6) is 5.75 Å². The lowest BCUT2D eigenvalue weighted by Gasteiger charge is -2.20. The minimum Gasteiger partial charge on any atom is -0.505 e. The number of nitrogens with one attached hydrogen (secondary N) is 1. The SMILES string of the molecule is O=C1CCCN1CC(O)CNS(=O)(=O)c1cc(Cl)cc(Cl)c1O. The Labute approximate surface area is 143 Å². The fourth-order valence-electron chi connectivity index (χ4n) is 2.25. The van der Waals surface area contributed by atoms with Crippen LogP contribution in [0, 0.1) is 0 Å². The molecule has 2 rings (SSSR count). The zero-order valence-corrected chi connectivity index (χ0v) is 14.3. The number of nitrogens with zero attached hydrogens (tertiary/aromatic N) is 1. The quantitative estimate of drug-likeness (QED) is 0.679. The van der Waals surface area contributed by atoms with Gasteiger partial charge in [0.2, 0.25) is 15.9 Å². The fourth-order valence-corrected chi connectivity index (χ4v) is 4.07. The molecule has 1 heterocycles. The summed E-state index contributed by atoms with van der Waals surface area (Å²) < 4.78 is 26.5. The van der Waals surface area contributed by atoms with Gasteiger partial charge in [-0.05, 0) is 18.6 Å². The topological polar surface area (TPSA) is 107 Å². The first-order chi connectivity index (χ1) is 10.7. The normalized spacial score (nSPS) is 16.8. The Morgan fingerprint density at radius 3 is 2.65 bits per heavy atom. The molecular formula is C13H16Cl2N2O5S. The van der Waals surface area contributed by atoms with Crippen LogP contribution in [0.3, 0.4) is 0 Å². The highest BCUT2D eigenvalue weighted by molar-refractivity contribution is 7.89. The number of β-amino-alcohol motifs (C(OH)–C–C–N with tert-alkyl or cyclic N) is 1. The highest BCUT2D eigenvalue weighted by Gasteiger charge is 2.25. The van der Waals surface area contributed by atoms with E-state index in [1.807, 2.05) is 0 Å². The Bertz CT molecular complexity index is 711. The van der Waals surface area contributed by atoms with E-state index in [1.165, 1.54) is 11.0 Å². The van der Waals surface area contributed by atoms with Crippen molar-refractivity contribution in [3.63, 3.8) is 0 Å². The summed E-state index contributed by atoms with van der Waals surface area (Å²) in [7, 11) is -4.11. The highest BCUT2D eigenvalue weighted by Crippen LogP contribution is 2.33. The molecule has 1 aromatic rings. The van der Waals surface area contributed by atoms with Gasteiger partial charge in [0.25, 0.3) is 0 Å². The van der Waals surface area contributed by atoms with E-state index in [2.05, 4.69) is 4.72 Å². The summed E-state index contributed by atoms with van der Waals surface area (Å²) >= 11 is 11.4. The molecule has 128 valence electrons. The molecule has 1 atom stereocenters. The van der Waals surface area contributed by atoms with Gasteiger partial charge in [-0.1, -0.05) is 23.2 Å². The van der Waals surface area contributed by atoms with Crippen LogP contribution in [-0.4, -0.2) is 55.2 Å². The van der Waals surface area contributed by atoms with Gasteiger partial charge in [0, 0.05) is 31.1 Å². The number of carbonyl (C=O) groups excluding carboxylic acids is 1. The molecule has 1 aliphatic rings. The fraction of sp³-hybridized carbons (Fsp3) is 0.462. The number of phenolic OH excluding ortho intramolecular Hbond substituents is 1. The molecule has 1 aromatic carbocycles. The number of aliphatic hydroxyl groups excluding tert-OH is 1. The zero-order chi connectivity index (χ0) is 17.2. The maximum absolute atomic E-state index is 12.2. The number of hydrogen-bond acceptors (Lipinski definition) is 5. The molecule has 0 aromatic heterocycles. The van der Waals surface area contributed by atoms with Gasteiger partial charge < -0.3 is 15.1 Å². The van der Waals surface area contributed by atoms with Crippen LogP contribution in [0.25, 0.3) is 0 Å². The minimum absolute atomic E-state index is 0.0453. The number of phenols is 1. The van der Waals surface area contributed by atoms with Gasteiger partial charge in [0.15, 0.2) is 5.75 Å². The predicted molar refractivity (Wildman–Crippen MR) is 85.1 cm³/mol. The number of aromatic hydroxyl groups is 1. The van der Waals surface area contributed by atoms with Crippen LogP contribution in [0.2, 0.25) is 10.0 Å². The number of amides is 1. The van der Waals surface area contributed by atoms with Crippen LogP contribution >= 0.6 is 23.2 Å². The number of likely N-dealkylation sites (tertiary alicyclic amines) is 1. The van der Waals surface area contributed by atoms with E-state index in [0.29, 0.717) is 13.0 Å². The molecule has 1 unspecified atom stereocenters. The summed E-state index contributed by atoms with van der Waals surface area (Å²) in [6.07, 6.45) is 0.100. The maximum Gasteiger partial charge on any atom is 0.244 e. The summed E-state index contributed by atoms with van der Waals surface area (Å²) in [5, 5.41) is 19.5. The Kier molecular flexibility index (Phi) is 5.74. The second-order valence-electron chi connectivity index (χ2n) is 5.18. The lowest BCUT2D eigenvalue weighted by molar-refractivity contribution is -0.128. The summed E-state index contributed by atoms with van der Waals surface area (Å²) in [4.78, 5) is 12.5. The molecule has 0 spiro atoms. The third-order valence-electron chi connectivity index (χ3n) is 3.39. The summed E-state index contributed by atoms with van der Waals surface area (Å²) in [6.45, 7) is 0.284. The van der Waals surface area contributed by atoms with E-state index in [9.17, 15) is 23.4 Å². The van der Waals surface area contributed by atoms with Gasteiger partial charge in [-0.2, -0.15) is 0 Å². The van der Waals surface area contributed by atoms with E-state index in [0.717, 1.165) is 12.5 Å². The Balaban J connectivity index is 2.03. The highest BCUT2D eigenvalue weighted by atomic mass is 35.5. The average molecular weight is 383 g/mol. The first kappa shape index (κ1) is 18.3. The molecule has 0 aliphatic carbocycles. The number of rotatable bonds is 6. The van der Waals surface area contributed by atoms with Crippen molar-refractivity contribution in [1.82, 2.24) is 9.62 Å². The van der Waals surface area contributed by atoms with E-state index in [-0.39, 0.29) is 29.0 Å². The smallest absolute Gasteiger partial charge is 0.244 e. The lowest BCUT2D eigenvalue weighted by atomic mass is 10.3. The van der Waals surface area contributed by atoms with Crippen molar-refractivity contribution in [2.24, 2.45) is 0 Å². The number of halogens is 2. The van der Waals surface area contributed by atoms with Crippen molar-refractivity contribution in [2.75, 3.05) is 19.6 Å². The summed E-state index contributed by atoms with van der Waals surface area (Å²) in [5.74, 6) is -0.682. The van der Waals surface area contributed by atoms with Crippen molar-refractivity contribution in [3.05, 3.63) is 22.2 Å². The Hall–Kier alpha value is -1.06.